The highest BCUT2D eigenvalue weighted by Gasteiger charge is 2.33. The monoisotopic (exact) mass is 1570 g/mol. The fraction of sp³-hybridized carbons (Fsp3) is 1.00. The van der Waals surface area contributed by atoms with Gasteiger partial charge in [-0.25, -0.2) is 54.8 Å². The van der Waals surface area contributed by atoms with Crippen LogP contribution >= 0.6 is 93.9 Å². The predicted molar refractivity (Wildman–Crippen MR) is 290 cm³/mol. The summed E-state index contributed by atoms with van der Waals surface area (Å²) in [6, 6.07) is 0. The van der Waals surface area contributed by atoms with Crippen LogP contribution in [-0.4, -0.2) is 216 Å². The van der Waals surface area contributed by atoms with Crippen LogP contribution in [0, 0.1) is 11.8 Å². The molecule has 13 unspecified atom stereocenters. The van der Waals surface area contributed by atoms with Crippen molar-refractivity contribution in [2.45, 2.75) is 33.6 Å². The molecule has 0 spiro atoms. The van der Waals surface area contributed by atoms with Crippen molar-refractivity contribution >= 4 is 93.9 Å². The Bertz CT molecular complexity index is 2640. The second-order valence-corrected chi connectivity index (χ2v) is 33.0. The van der Waals surface area contributed by atoms with Crippen LogP contribution in [0.2, 0.25) is 0 Å². The van der Waals surface area contributed by atoms with Crippen molar-refractivity contribution in [3.8, 4) is 0 Å². The number of hydrogen-bond donors (Lipinski definition) is 13. The van der Waals surface area contributed by atoms with Gasteiger partial charge in [0, 0.05) is 11.8 Å². The summed E-state index contributed by atoms with van der Waals surface area (Å²) in [4.78, 5) is 124. The van der Waals surface area contributed by atoms with Gasteiger partial charge in [-0.05, 0) is 19.8 Å². The third kappa shape index (κ3) is 53.3. The third-order valence-corrected chi connectivity index (χ3v) is 20.3. The van der Waals surface area contributed by atoms with Crippen LogP contribution in [-0.2, 0) is 159 Å². The minimum absolute atomic E-state index is 0.117. The molecule has 542 valence electrons. The molecule has 0 fully saturated rings. The van der Waals surface area contributed by atoms with Crippen molar-refractivity contribution in [3.63, 3.8) is 0 Å². The molecule has 13 atom stereocenters. The van der Waals surface area contributed by atoms with E-state index in [1.54, 1.807) is 13.8 Å². The number of hydrogen-bond acceptors (Lipinski definition) is 35. The van der Waals surface area contributed by atoms with Gasteiger partial charge >= 0.3 is 93.9 Å². The van der Waals surface area contributed by atoms with Gasteiger partial charge in [-0.1, -0.05) is 13.8 Å². The molecule has 0 saturated heterocycles. The maximum absolute atomic E-state index is 12.1. The quantitative estimate of drug-likeness (QED) is 0.0305. The molecule has 13 N–H and O–H groups in total. The zero-order valence-corrected chi connectivity index (χ0v) is 58.0. The van der Waals surface area contributed by atoms with E-state index in [1.165, 1.54) is 6.92 Å². The molecule has 0 amide bonds. The Morgan fingerprint density at radius 3 is 0.444 bits per heavy atom. The lowest BCUT2D eigenvalue weighted by atomic mass is 10.1. The molecule has 90 heavy (non-hydrogen) atoms. The summed E-state index contributed by atoms with van der Waals surface area (Å²) in [5, 5.41) is 0. The second-order valence-electron chi connectivity index (χ2n) is 15.8. The average Bonchev–Trinajstić information content (AvgIpc) is 3.64. The van der Waals surface area contributed by atoms with Gasteiger partial charge in [-0.15, -0.1) is 0 Å². The molecule has 0 rings (SSSR count). The topological polar surface area (TPSA) is 680 Å². The van der Waals surface area contributed by atoms with Gasteiger partial charge in [0.25, 0.3) is 0 Å². The fourth-order valence-corrected chi connectivity index (χ4v) is 12.9. The van der Waals surface area contributed by atoms with E-state index in [0.717, 1.165) is 0 Å². The van der Waals surface area contributed by atoms with Gasteiger partial charge in [-0.3, -0.25) is 104 Å². The minimum Gasteiger partial charge on any atom is -0.303 e. The first-order valence-electron chi connectivity index (χ1n) is 24.7. The Morgan fingerprint density at radius 1 is 0.200 bits per heavy atom. The number of phosphoric ester groups is 12. The van der Waals surface area contributed by atoms with E-state index in [2.05, 4.69) is 95.0 Å². The van der Waals surface area contributed by atoms with E-state index in [9.17, 15) is 109 Å². The molecule has 0 aromatic rings. The maximum Gasteiger partial charge on any atom is 0.472 e. The fourth-order valence-electron chi connectivity index (χ4n) is 4.69. The molecule has 0 bridgehead atoms. The van der Waals surface area contributed by atoms with Crippen molar-refractivity contribution in [2.75, 3.05) is 152 Å². The number of phosphoric acid groups is 12. The summed E-state index contributed by atoms with van der Waals surface area (Å²) in [5.41, 5.74) is 0. The summed E-state index contributed by atoms with van der Waals surface area (Å²) in [6.07, 6.45) is 0.492. The van der Waals surface area contributed by atoms with Crippen LogP contribution in [0.3, 0.4) is 0 Å². The molecule has 0 saturated carbocycles. The summed E-state index contributed by atoms with van der Waals surface area (Å²) in [7, 11) is -58.4. The van der Waals surface area contributed by atoms with Crippen LogP contribution in [0.1, 0.15) is 33.6 Å². The van der Waals surface area contributed by atoms with Crippen molar-refractivity contribution in [1.29, 1.82) is 0 Å². The molecule has 0 aromatic carbocycles. The van der Waals surface area contributed by atoms with Crippen LogP contribution in [0.4, 0.5) is 0 Å². The lowest BCUT2D eigenvalue weighted by Crippen LogP contribution is -2.15. The van der Waals surface area contributed by atoms with Gasteiger partial charge in [0.05, 0.1) is 152 Å². The first-order valence-corrected chi connectivity index (χ1v) is 42.7. The highest BCUT2D eigenvalue weighted by atomic mass is 31.2. The Labute approximate surface area is 512 Å². The van der Waals surface area contributed by atoms with Gasteiger partial charge in [-0.2, -0.15) is 0 Å². The molecule has 60 heteroatoms. The van der Waals surface area contributed by atoms with Crippen LogP contribution in [0.25, 0.3) is 0 Å². The molecule has 0 aliphatic carbocycles. The predicted octanol–water partition coefficient (Wildman–Crippen LogP) is 3.64. The minimum atomic E-state index is -5.00. The zero-order valence-electron chi connectivity index (χ0n) is 47.3. The van der Waals surface area contributed by atoms with Crippen molar-refractivity contribution in [2.24, 2.45) is 11.8 Å². The summed E-state index contributed by atoms with van der Waals surface area (Å²) in [5.74, 6) is -1.37. The molecule has 0 heterocycles. The SMILES string of the molecule is CCOP(=O)(O)OCC(CC)COP(=O)(O)OCCOP(=O)(O)OCCOP(=O)(O)OCCOP(=O)(O)OCCOP(=O)(O)OCCOP(=O)(O)OCCOP(=O)(O)OCCOP(=O)(O)OCCOP(=O)(O)OCCOP(=O)(O)OCC(CC)COP(=O)(O)O. The van der Waals surface area contributed by atoms with E-state index >= 15 is 0 Å². The van der Waals surface area contributed by atoms with Gasteiger partial charge in [0.1, 0.15) is 0 Å². The van der Waals surface area contributed by atoms with E-state index < -0.39 is 244 Å². The van der Waals surface area contributed by atoms with Crippen LogP contribution in [0.15, 0.2) is 0 Å². The molecular weight excluding hydrogens is 1500 g/mol. The lowest BCUT2D eigenvalue weighted by Gasteiger charge is -2.19. The summed E-state index contributed by atoms with van der Waals surface area (Å²) in [6.45, 7) is -13.4. The van der Waals surface area contributed by atoms with Crippen LogP contribution in [0.5, 0.6) is 0 Å². The van der Waals surface area contributed by atoms with Gasteiger partial charge < -0.3 is 63.6 Å². The lowest BCUT2D eigenvalue weighted by molar-refractivity contribution is 0.0695. The highest BCUT2D eigenvalue weighted by molar-refractivity contribution is 7.50. The zero-order chi connectivity index (χ0) is 69.1. The maximum atomic E-state index is 12.1. The van der Waals surface area contributed by atoms with Gasteiger partial charge in [0.15, 0.2) is 0 Å². The third-order valence-electron chi connectivity index (χ3n) is 8.68. The largest absolute Gasteiger partial charge is 0.472 e. The molecule has 0 aliphatic heterocycles. The second kappa shape index (κ2) is 44.5. The Balaban J connectivity index is 4.30. The van der Waals surface area contributed by atoms with Crippen molar-refractivity contribution in [3.05, 3.63) is 0 Å². The average molecular weight is 1570 g/mol. The van der Waals surface area contributed by atoms with E-state index in [-0.39, 0.29) is 26.1 Å². The molecule has 0 aliphatic rings. The highest BCUT2D eigenvalue weighted by Crippen LogP contribution is 2.52. The molecule has 0 aromatic heterocycles. The summed E-state index contributed by atoms with van der Waals surface area (Å²) >= 11 is 0. The van der Waals surface area contributed by atoms with Gasteiger partial charge in [0.2, 0.25) is 0 Å². The first-order chi connectivity index (χ1) is 41.2. The van der Waals surface area contributed by atoms with Crippen LogP contribution < -0.4 is 0 Å². The normalized spacial score (nSPS) is 20.7. The Hall–Kier alpha value is 1.32. The van der Waals surface area contributed by atoms with Crippen molar-refractivity contribution < 1.29 is 222 Å². The Morgan fingerprint density at radius 2 is 0.322 bits per heavy atom. The molecule has 48 nitrogen and oxygen atoms in total. The smallest absolute Gasteiger partial charge is 0.303 e. The van der Waals surface area contributed by atoms with Crippen molar-refractivity contribution in [1.82, 2.24) is 0 Å². The Kier molecular flexibility index (Phi) is 45.1. The molecular formula is C30H74O48P12. The summed E-state index contributed by atoms with van der Waals surface area (Å²) < 4.78 is 247. The molecule has 0 radical (unpaired) electrons. The van der Waals surface area contributed by atoms with E-state index in [1.807, 2.05) is 0 Å². The van der Waals surface area contributed by atoms with E-state index in [0.29, 0.717) is 0 Å². The first kappa shape index (κ1) is 91.3. The standard InChI is InChI=1S/C30H74O48P12/c1-4-29(25-75-79(31,32)33)26-77-89(52,53)73-23-21-71-87(48,49)69-19-17-67-85(44,45)65-15-13-63-83(40,41)61-11-9-59-81(36,37)57-7-8-58-82(38,39)60-10-12-62-84(42,43)64-14-16-66-86(46,47)68-18-20-70-88(50,51)72-22-24-74-90(54,55)78-28-30(5-2)27-76-80(34,35)56-6-3/h29-30H,4-28H2,1-3H3,(H,34,35)(H,36,37)(H,38,39)(H,40,41)(H,42,43)(H,44,45)(H,46,47)(H,48,49)(H,50,51)(H,52,53)(H,54,55)(H2,31,32,33). The number of rotatable bonds is 61. The van der Waals surface area contributed by atoms with E-state index in [4.69, 9.17) is 18.8 Å².